The van der Waals surface area contributed by atoms with Crippen molar-refractivity contribution >= 4 is 16.2 Å². The third kappa shape index (κ3) is 6.43. The summed E-state index contributed by atoms with van der Waals surface area (Å²) in [4.78, 5) is 10.7. The Kier molecular flexibility index (Phi) is 6.46. The van der Waals surface area contributed by atoms with Gasteiger partial charge in [-0.2, -0.15) is 13.1 Å². The van der Waals surface area contributed by atoms with Crippen LogP contribution < -0.4 is 9.44 Å². The van der Waals surface area contributed by atoms with Crippen LogP contribution in [0.3, 0.4) is 0 Å². The quantitative estimate of drug-likeness (QED) is 0.557. The van der Waals surface area contributed by atoms with Crippen molar-refractivity contribution < 1.29 is 18.3 Å². The fourth-order valence-electron chi connectivity index (χ4n) is 1.06. The summed E-state index contributed by atoms with van der Waals surface area (Å²) in [7, 11) is -3.69. The molecule has 3 N–H and O–H groups in total. The van der Waals surface area contributed by atoms with E-state index in [4.69, 9.17) is 5.11 Å². The Labute approximate surface area is 90.2 Å². The van der Waals surface area contributed by atoms with Gasteiger partial charge in [-0.15, -0.1) is 0 Å². The van der Waals surface area contributed by atoms with Gasteiger partial charge in [-0.3, -0.25) is 4.79 Å². The first-order chi connectivity index (χ1) is 6.93. The number of carboxylic acid groups (broad SMARTS) is 1. The molecule has 0 saturated carbocycles. The molecule has 90 valence electrons. The number of carboxylic acids is 1. The Balaban J connectivity index is 4.34. The molecule has 1 unspecified atom stereocenters. The highest BCUT2D eigenvalue weighted by molar-refractivity contribution is 7.87. The van der Waals surface area contributed by atoms with Crippen LogP contribution in [0.2, 0.25) is 0 Å². The van der Waals surface area contributed by atoms with E-state index in [1.807, 2.05) is 6.92 Å². The van der Waals surface area contributed by atoms with E-state index in [0.29, 0.717) is 12.8 Å². The monoisotopic (exact) mass is 238 g/mol. The molecule has 0 aromatic heterocycles. The summed E-state index contributed by atoms with van der Waals surface area (Å²) in [6, 6.07) is -1.05. The van der Waals surface area contributed by atoms with Crippen LogP contribution in [-0.4, -0.2) is 32.1 Å². The van der Waals surface area contributed by atoms with Crippen molar-refractivity contribution in [2.24, 2.45) is 0 Å². The Morgan fingerprint density at radius 2 is 2.00 bits per heavy atom. The molecule has 0 spiro atoms. The summed E-state index contributed by atoms with van der Waals surface area (Å²) < 4.78 is 26.7. The number of carbonyl (C=O) groups is 1. The van der Waals surface area contributed by atoms with Gasteiger partial charge in [-0.05, 0) is 6.42 Å². The van der Waals surface area contributed by atoms with Gasteiger partial charge in [0.1, 0.15) is 6.04 Å². The summed E-state index contributed by atoms with van der Waals surface area (Å²) in [5.41, 5.74) is 0. The van der Waals surface area contributed by atoms with E-state index in [0.717, 1.165) is 6.42 Å². The van der Waals surface area contributed by atoms with E-state index < -0.39 is 22.2 Å². The zero-order chi connectivity index (χ0) is 11.9. The second-order valence-electron chi connectivity index (χ2n) is 3.15. The summed E-state index contributed by atoms with van der Waals surface area (Å²) in [6.45, 7) is 3.77. The van der Waals surface area contributed by atoms with E-state index in [1.165, 1.54) is 0 Å². The van der Waals surface area contributed by atoms with Crippen LogP contribution in [0.4, 0.5) is 0 Å². The summed E-state index contributed by atoms with van der Waals surface area (Å²) in [5, 5.41) is 8.78. The van der Waals surface area contributed by atoms with Crippen LogP contribution in [0.25, 0.3) is 0 Å². The minimum Gasteiger partial charge on any atom is -0.480 e. The summed E-state index contributed by atoms with van der Waals surface area (Å²) in [5.74, 6) is -1.15. The number of nitrogens with one attached hydrogen (secondary N) is 2. The third-order valence-electron chi connectivity index (χ3n) is 1.78. The van der Waals surface area contributed by atoms with Crippen LogP contribution in [-0.2, 0) is 15.0 Å². The van der Waals surface area contributed by atoms with Crippen molar-refractivity contribution in [3.05, 3.63) is 0 Å². The number of rotatable bonds is 8. The van der Waals surface area contributed by atoms with Gasteiger partial charge < -0.3 is 5.11 Å². The van der Waals surface area contributed by atoms with E-state index in [2.05, 4.69) is 9.44 Å². The van der Waals surface area contributed by atoms with Crippen molar-refractivity contribution in [2.45, 2.75) is 39.2 Å². The van der Waals surface area contributed by atoms with Gasteiger partial charge in [0.2, 0.25) is 0 Å². The molecule has 0 aliphatic rings. The molecule has 0 bridgehead atoms. The first-order valence-electron chi connectivity index (χ1n) is 4.92. The van der Waals surface area contributed by atoms with Crippen molar-refractivity contribution in [1.82, 2.24) is 9.44 Å². The molecule has 0 aromatic carbocycles. The van der Waals surface area contributed by atoms with Gasteiger partial charge in [0.15, 0.2) is 0 Å². The fraction of sp³-hybridized carbons (Fsp3) is 0.875. The highest BCUT2D eigenvalue weighted by atomic mass is 32.2. The zero-order valence-electron chi connectivity index (χ0n) is 8.99. The van der Waals surface area contributed by atoms with E-state index >= 15 is 0 Å². The van der Waals surface area contributed by atoms with Crippen molar-refractivity contribution in [3.63, 3.8) is 0 Å². The molecule has 7 heteroatoms. The first-order valence-corrected chi connectivity index (χ1v) is 6.41. The largest absolute Gasteiger partial charge is 0.480 e. The van der Waals surface area contributed by atoms with Crippen LogP contribution in [0.1, 0.15) is 33.1 Å². The topological polar surface area (TPSA) is 95.5 Å². The molecule has 0 radical (unpaired) electrons. The predicted octanol–water partition coefficient (Wildman–Crippen LogP) is 0.0737. The smallest absolute Gasteiger partial charge is 0.321 e. The molecule has 15 heavy (non-hydrogen) atoms. The molecule has 0 amide bonds. The molecular formula is C8H18N2O4S. The Bertz CT molecular complexity index is 289. The molecule has 0 aliphatic carbocycles. The summed E-state index contributed by atoms with van der Waals surface area (Å²) >= 11 is 0. The SMILES string of the molecule is CCCCC(NS(=O)(=O)NCC)C(=O)O. The molecule has 0 heterocycles. The minimum atomic E-state index is -3.69. The molecule has 0 saturated heterocycles. The Morgan fingerprint density at radius 1 is 1.40 bits per heavy atom. The van der Waals surface area contributed by atoms with Gasteiger partial charge in [0.25, 0.3) is 10.2 Å². The molecule has 0 aromatic rings. The van der Waals surface area contributed by atoms with Crippen molar-refractivity contribution in [1.29, 1.82) is 0 Å². The zero-order valence-corrected chi connectivity index (χ0v) is 9.80. The van der Waals surface area contributed by atoms with Crippen LogP contribution >= 0.6 is 0 Å². The lowest BCUT2D eigenvalue weighted by atomic mass is 10.1. The standard InChI is InChI=1S/C8H18N2O4S/c1-3-5-6-7(8(11)12)10-15(13,14)9-4-2/h7,9-10H,3-6H2,1-2H3,(H,11,12). The number of unbranched alkanes of at least 4 members (excludes halogenated alkanes) is 1. The minimum absolute atomic E-state index is 0.232. The number of hydrogen-bond donors (Lipinski definition) is 3. The number of aliphatic carboxylic acids is 1. The van der Waals surface area contributed by atoms with Crippen molar-refractivity contribution in [2.75, 3.05) is 6.54 Å². The number of hydrogen-bond acceptors (Lipinski definition) is 3. The van der Waals surface area contributed by atoms with Gasteiger partial charge in [0, 0.05) is 6.54 Å². The highest BCUT2D eigenvalue weighted by Crippen LogP contribution is 2.01. The van der Waals surface area contributed by atoms with E-state index in [-0.39, 0.29) is 6.54 Å². The molecule has 0 rings (SSSR count). The maximum atomic E-state index is 11.2. The van der Waals surface area contributed by atoms with Crippen molar-refractivity contribution in [3.8, 4) is 0 Å². The Hall–Kier alpha value is -0.660. The molecule has 0 fully saturated rings. The third-order valence-corrected chi connectivity index (χ3v) is 3.04. The molecule has 1 atom stereocenters. The second-order valence-corrected chi connectivity index (χ2v) is 4.68. The molecule has 6 nitrogen and oxygen atoms in total. The Morgan fingerprint density at radius 3 is 2.40 bits per heavy atom. The average Bonchev–Trinajstić information content (AvgIpc) is 2.11. The van der Waals surface area contributed by atoms with Gasteiger partial charge >= 0.3 is 5.97 Å². The van der Waals surface area contributed by atoms with Crippen LogP contribution in [0.15, 0.2) is 0 Å². The average molecular weight is 238 g/mol. The highest BCUT2D eigenvalue weighted by Gasteiger charge is 2.22. The maximum absolute atomic E-state index is 11.2. The second kappa shape index (κ2) is 6.76. The summed E-state index contributed by atoms with van der Waals surface area (Å²) in [6.07, 6.45) is 1.80. The predicted molar refractivity (Wildman–Crippen MR) is 56.7 cm³/mol. The van der Waals surface area contributed by atoms with E-state index in [1.54, 1.807) is 6.92 Å². The van der Waals surface area contributed by atoms with Gasteiger partial charge in [0.05, 0.1) is 0 Å². The molecular weight excluding hydrogens is 220 g/mol. The van der Waals surface area contributed by atoms with Gasteiger partial charge in [-0.25, -0.2) is 4.72 Å². The fourth-order valence-corrected chi connectivity index (χ4v) is 2.12. The lowest BCUT2D eigenvalue weighted by Crippen LogP contribution is -2.46. The maximum Gasteiger partial charge on any atom is 0.321 e. The van der Waals surface area contributed by atoms with Crippen LogP contribution in [0, 0.1) is 0 Å². The first kappa shape index (κ1) is 14.3. The van der Waals surface area contributed by atoms with Crippen LogP contribution in [0.5, 0.6) is 0 Å². The normalized spacial score (nSPS) is 13.7. The molecule has 0 aliphatic heterocycles. The van der Waals surface area contributed by atoms with Gasteiger partial charge in [-0.1, -0.05) is 26.7 Å². The lowest BCUT2D eigenvalue weighted by molar-refractivity contribution is -0.139. The lowest BCUT2D eigenvalue weighted by Gasteiger charge is -2.14. The van der Waals surface area contributed by atoms with E-state index in [9.17, 15) is 13.2 Å².